The molecule has 0 aliphatic carbocycles. The van der Waals surface area contributed by atoms with Crippen molar-refractivity contribution in [1.82, 2.24) is 24.4 Å². The molecule has 0 saturated heterocycles. The van der Waals surface area contributed by atoms with Crippen molar-refractivity contribution in [3.05, 3.63) is 98.4 Å². The number of hydrogen-bond acceptors (Lipinski definition) is 4. The molecule has 0 radical (unpaired) electrons. The highest BCUT2D eigenvalue weighted by molar-refractivity contribution is 5.56. The van der Waals surface area contributed by atoms with Crippen LogP contribution in [0.5, 0.6) is 0 Å². The van der Waals surface area contributed by atoms with Gasteiger partial charge in [0.2, 0.25) is 0 Å². The van der Waals surface area contributed by atoms with Gasteiger partial charge in [0.1, 0.15) is 11.6 Å². The van der Waals surface area contributed by atoms with Crippen molar-refractivity contribution in [2.75, 3.05) is 6.54 Å². The summed E-state index contributed by atoms with van der Waals surface area (Å²) in [5.74, 6) is 1.20. The van der Waals surface area contributed by atoms with Crippen LogP contribution in [-0.4, -0.2) is 31.0 Å². The number of nitrogens with one attached hydrogen (secondary N) is 1. The molecule has 0 atom stereocenters. The molecule has 0 saturated carbocycles. The number of aryl methyl sites for hydroxylation is 2. The fraction of sp³-hybridized carbons (Fsp3) is 0.296. The Balaban J connectivity index is 1.37. The third kappa shape index (κ3) is 4.46. The summed E-state index contributed by atoms with van der Waals surface area (Å²) < 4.78 is 40.8. The van der Waals surface area contributed by atoms with Crippen LogP contribution in [-0.2, 0) is 25.7 Å². The standard InChI is InChI=1S/C27H26F3N5O/c1-16-5-4-11-31-25(16)35-17(2)13-20(18(35)3)14-34-12-10-23-22(15-34)26(36)33-24(32-23)19-6-8-21(9-7-19)27(28,29)30/h4-9,11,13H,10,12,14-15H2,1-3H3,(H,32,33,36). The molecule has 186 valence electrons. The summed E-state index contributed by atoms with van der Waals surface area (Å²) in [6.45, 7) is 8.05. The van der Waals surface area contributed by atoms with Gasteiger partial charge in [-0.1, -0.05) is 18.2 Å². The van der Waals surface area contributed by atoms with Crippen LogP contribution in [0.3, 0.4) is 0 Å². The van der Waals surface area contributed by atoms with E-state index in [9.17, 15) is 18.0 Å². The van der Waals surface area contributed by atoms with Crippen molar-refractivity contribution in [3.8, 4) is 17.2 Å². The van der Waals surface area contributed by atoms with Gasteiger partial charge < -0.3 is 9.55 Å². The first kappa shape index (κ1) is 24.0. The molecular weight excluding hydrogens is 467 g/mol. The van der Waals surface area contributed by atoms with E-state index in [1.54, 1.807) is 6.20 Å². The number of aromatic nitrogens is 4. The monoisotopic (exact) mass is 493 g/mol. The largest absolute Gasteiger partial charge is 0.416 e. The zero-order valence-electron chi connectivity index (χ0n) is 20.3. The lowest BCUT2D eigenvalue weighted by Gasteiger charge is -2.27. The average molecular weight is 494 g/mol. The van der Waals surface area contributed by atoms with E-state index in [1.165, 1.54) is 17.7 Å². The summed E-state index contributed by atoms with van der Waals surface area (Å²) in [5, 5.41) is 0. The molecule has 0 amide bonds. The fourth-order valence-corrected chi connectivity index (χ4v) is 4.84. The molecule has 4 heterocycles. The molecule has 36 heavy (non-hydrogen) atoms. The average Bonchev–Trinajstić information content (AvgIpc) is 3.11. The van der Waals surface area contributed by atoms with Gasteiger partial charge in [-0.3, -0.25) is 9.69 Å². The third-order valence-electron chi connectivity index (χ3n) is 6.76. The molecule has 1 N–H and O–H groups in total. The Morgan fingerprint density at radius 3 is 2.53 bits per heavy atom. The van der Waals surface area contributed by atoms with Crippen LogP contribution in [0.4, 0.5) is 13.2 Å². The number of benzene rings is 1. The lowest BCUT2D eigenvalue weighted by molar-refractivity contribution is -0.137. The SMILES string of the molecule is Cc1cccnc1-n1c(C)cc(CN2CCc3nc(-c4ccc(C(F)(F)F)cc4)[nH]c(=O)c3C2)c1C. The first-order chi connectivity index (χ1) is 17.1. The second-order valence-corrected chi connectivity index (χ2v) is 9.25. The lowest BCUT2D eigenvalue weighted by atomic mass is 10.0. The molecular formula is C27H26F3N5O. The van der Waals surface area contributed by atoms with Gasteiger partial charge in [-0.2, -0.15) is 13.2 Å². The topological polar surface area (TPSA) is 66.8 Å². The zero-order valence-corrected chi connectivity index (χ0v) is 20.3. The number of H-pyrrole nitrogens is 1. The highest BCUT2D eigenvalue weighted by Crippen LogP contribution is 2.30. The van der Waals surface area contributed by atoms with E-state index < -0.39 is 11.7 Å². The van der Waals surface area contributed by atoms with Crippen molar-refractivity contribution in [1.29, 1.82) is 0 Å². The van der Waals surface area contributed by atoms with E-state index in [2.05, 4.69) is 44.3 Å². The molecule has 4 aromatic rings. The molecule has 1 aromatic carbocycles. The van der Waals surface area contributed by atoms with Crippen molar-refractivity contribution in [3.63, 3.8) is 0 Å². The normalized spacial score (nSPS) is 14.2. The first-order valence-corrected chi connectivity index (χ1v) is 11.7. The van der Waals surface area contributed by atoms with Gasteiger partial charge >= 0.3 is 6.18 Å². The van der Waals surface area contributed by atoms with E-state index in [0.29, 0.717) is 36.3 Å². The smallest absolute Gasteiger partial charge is 0.306 e. The molecule has 3 aromatic heterocycles. The van der Waals surface area contributed by atoms with E-state index in [1.807, 2.05) is 19.1 Å². The quantitative estimate of drug-likeness (QED) is 0.428. The Bertz CT molecular complexity index is 1490. The number of nitrogens with zero attached hydrogens (tertiary/aromatic N) is 4. The van der Waals surface area contributed by atoms with Crippen LogP contribution >= 0.6 is 0 Å². The predicted molar refractivity (Wildman–Crippen MR) is 131 cm³/mol. The molecule has 6 nitrogen and oxygen atoms in total. The van der Waals surface area contributed by atoms with Crippen LogP contribution in [0, 0.1) is 20.8 Å². The zero-order chi connectivity index (χ0) is 25.6. The van der Waals surface area contributed by atoms with Crippen LogP contribution in [0.25, 0.3) is 17.2 Å². The summed E-state index contributed by atoms with van der Waals surface area (Å²) in [6.07, 6.45) is -2.03. The van der Waals surface area contributed by atoms with Gasteiger partial charge in [0.05, 0.1) is 16.8 Å². The molecule has 5 rings (SSSR count). The maximum Gasteiger partial charge on any atom is 0.416 e. The van der Waals surface area contributed by atoms with E-state index in [4.69, 9.17) is 0 Å². The van der Waals surface area contributed by atoms with Crippen LogP contribution < -0.4 is 5.56 Å². The number of aromatic amines is 1. The van der Waals surface area contributed by atoms with Gasteiger partial charge in [-0.05, 0) is 56.2 Å². The van der Waals surface area contributed by atoms with Gasteiger partial charge in [0.15, 0.2) is 0 Å². The summed E-state index contributed by atoms with van der Waals surface area (Å²) >= 11 is 0. The minimum Gasteiger partial charge on any atom is -0.306 e. The predicted octanol–water partition coefficient (Wildman–Crippen LogP) is 5.12. The van der Waals surface area contributed by atoms with Crippen LogP contribution in [0.15, 0.2) is 53.5 Å². The van der Waals surface area contributed by atoms with Gasteiger partial charge in [-0.15, -0.1) is 0 Å². The minimum absolute atomic E-state index is 0.255. The third-order valence-corrected chi connectivity index (χ3v) is 6.76. The fourth-order valence-electron chi connectivity index (χ4n) is 4.84. The van der Waals surface area contributed by atoms with E-state index in [0.717, 1.165) is 41.4 Å². The maximum atomic E-state index is 12.9. The van der Waals surface area contributed by atoms with E-state index in [-0.39, 0.29) is 11.4 Å². The summed E-state index contributed by atoms with van der Waals surface area (Å²) in [4.78, 5) is 27.0. The maximum absolute atomic E-state index is 12.9. The van der Waals surface area contributed by atoms with Crippen molar-refractivity contribution >= 4 is 0 Å². The molecule has 0 unspecified atom stereocenters. The number of pyridine rings is 1. The molecule has 9 heteroatoms. The van der Waals surface area contributed by atoms with Gasteiger partial charge in [-0.25, -0.2) is 9.97 Å². The minimum atomic E-state index is -4.41. The Labute approximate surface area is 206 Å². The highest BCUT2D eigenvalue weighted by atomic mass is 19.4. The lowest BCUT2D eigenvalue weighted by Crippen LogP contribution is -2.35. The van der Waals surface area contributed by atoms with E-state index >= 15 is 0 Å². The molecule has 1 aliphatic rings. The van der Waals surface area contributed by atoms with Crippen LogP contribution in [0.1, 0.15) is 39.3 Å². The second-order valence-electron chi connectivity index (χ2n) is 9.25. The number of rotatable bonds is 4. The Kier molecular flexibility index (Phi) is 6.04. The highest BCUT2D eigenvalue weighted by Gasteiger charge is 2.30. The second kappa shape index (κ2) is 9.05. The summed E-state index contributed by atoms with van der Waals surface area (Å²) in [7, 11) is 0. The van der Waals surface area contributed by atoms with Gasteiger partial charge in [0.25, 0.3) is 5.56 Å². The number of halogens is 3. The van der Waals surface area contributed by atoms with Crippen LogP contribution in [0.2, 0.25) is 0 Å². The Hall–Kier alpha value is -3.72. The number of hydrogen-bond donors (Lipinski definition) is 1. The summed E-state index contributed by atoms with van der Waals surface area (Å²) in [6, 6.07) is 10.8. The molecule has 1 aliphatic heterocycles. The molecule has 0 bridgehead atoms. The van der Waals surface area contributed by atoms with Crippen molar-refractivity contribution < 1.29 is 13.2 Å². The number of fused-ring (bicyclic) bond motifs is 1. The molecule has 0 spiro atoms. The Morgan fingerprint density at radius 2 is 1.83 bits per heavy atom. The Morgan fingerprint density at radius 1 is 1.08 bits per heavy atom. The van der Waals surface area contributed by atoms with Crippen molar-refractivity contribution in [2.45, 2.75) is 46.5 Å². The number of alkyl halides is 3. The summed E-state index contributed by atoms with van der Waals surface area (Å²) in [5.41, 5.74) is 5.24. The van der Waals surface area contributed by atoms with Crippen molar-refractivity contribution in [2.24, 2.45) is 0 Å². The molecule has 0 fully saturated rings. The van der Waals surface area contributed by atoms with Gasteiger partial charge in [0, 0.05) is 49.2 Å². The first-order valence-electron chi connectivity index (χ1n) is 11.7.